The van der Waals surface area contributed by atoms with Crippen LogP contribution in [0.2, 0.25) is 0 Å². The van der Waals surface area contributed by atoms with E-state index in [4.69, 9.17) is 15.0 Å². The zero-order chi connectivity index (χ0) is 13.4. The third-order valence-corrected chi connectivity index (χ3v) is 2.45. The van der Waals surface area contributed by atoms with E-state index in [-0.39, 0.29) is 0 Å². The number of methoxy groups -OCH3 is 1. The Hall–Kier alpha value is -1.53. The molecule has 0 amide bonds. The molecule has 6 heteroatoms. The number of aryl methyl sites for hydroxylation is 1. The van der Waals surface area contributed by atoms with Gasteiger partial charge in [0.2, 0.25) is 5.96 Å². The second-order valence-corrected chi connectivity index (χ2v) is 4.06. The molecule has 0 aliphatic heterocycles. The summed E-state index contributed by atoms with van der Waals surface area (Å²) in [5.74, 6) is 7.89. The quantitative estimate of drug-likeness (QED) is 0.259. The molecule has 1 aromatic rings. The molecule has 0 aliphatic rings. The molecule has 0 aliphatic carbocycles. The summed E-state index contributed by atoms with van der Waals surface area (Å²) in [6, 6.07) is 3.89. The van der Waals surface area contributed by atoms with Gasteiger partial charge in [0.1, 0.15) is 11.5 Å². The van der Waals surface area contributed by atoms with Gasteiger partial charge in [-0.2, -0.15) is 0 Å². The first-order valence-electron chi connectivity index (χ1n) is 5.93. The van der Waals surface area contributed by atoms with Crippen molar-refractivity contribution in [1.29, 1.82) is 0 Å². The molecule has 3 N–H and O–H groups in total. The molecule has 0 unspecified atom stereocenters. The zero-order valence-corrected chi connectivity index (χ0v) is 11.3. The van der Waals surface area contributed by atoms with Crippen molar-refractivity contribution >= 4 is 5.96 Å². The van der Waals surface area contributed by atoms with Crippen LogP contribution >= 0.6 is 0 Å². The van der Waals surface area contributed by atoms with Crippen molar-refractivity contribution < 1.29 is 9.15 Å². The third kappa shape index (κ3) is 4.77. The van der Waals surface area contributed by atoms with Gasteiger partial charge in [0.05, 0.1) is 6.54 Å². The van der Waals surface area contributed by atoms with E-state index in [0.29, 0.717) is 25.7 Å². The van der Waals surface area contributed by atoms with E-state index in [1.807, 2.05) is 31.0 Å². The van der Waals surface area contributed by atoms with Gasteiger partial charge in [-0.3, -0.25) is 10.4 Å². The highest BCUT2D eigenvalue weighted by atomic mass is 16.5. The number of hydrazine groups is 1. The normalized spacial score (nSPS) is 11.7. The summed E-state index contributed by atoms with van der Waals surface area (Å²) in [4.78, 5) is 6.28. The predicted octanol–water partition coefficient (Wildman–Crippen LogP) is 0.876. The molecule has 0 aromatic carbocycles. The maximum Gasteiger partial charge on any atom is 0.208 e. The van der Waals surface area contributed by atoms with Crippen LogP contribution in [0, 0.1) is 6.92 Å². The lowest BCUT2D eigenvalue weighted by molar-refractivity contribution is 0.197. The maximum atomic E-state index is 5.51. The number of nitrogens with two attached hydrogens (primary N) is 1. The third-order valence-electron chi connectivity index (χ3n) is 2.45. The highest BCUT2D eigenvalue weighted by molar-refractivity contribution is 5.79. The van der Waals surface area contributed by atoms with Crippen LogP contribution in [0.15, 0.2) is 21.5 Å². The highest BCUT2D eigenvalue weighted by Crippen LogP contribution is 2.08. The molecule has 18 heavy (non-hydrogen) atoms. The van der Waals surface area contributed by atoms with Crippen LogP contribution in [0.1, 0.15) is 17.9 Å². The fourth-order valence-electron chi connectivity index (χ4n) is 1.55. The Morgan fingerprint density at radius 1 is 1.56 bits per heavy atom. The fraction of sp³-hybridized carbons (Fsp3) is 0.583. The molecule has 1 rings (SSSR count). The molecule has 0 bridgehead atoms. The van der Waals surface area contributed by atoms with E-state index in [2.05, 4.69) is 10.4 Å². The molecule has 0 fully saturated rings. The average Bonchev–Trinajstić information content (AvgIpc) is 2.75. The largest absolute Gasteiger partial charge is 0.464 e. The SMILES string of the molecule is COCCCN=C(NN)N(C)Cc1ccc(C)o1. The van der Waals surface area contributed by atoms with Crippen LogP contribution in [-0.2, 0) is 11.3 Å². The van der Waals surface area contributed by atoms with E-state index in [1.54, 1.807) is 7.11 Å². The van der Waals surface area contributed by atoms with Gasteiger partial charge >= 0.3 is 0 Å². The first-order valence-corrected chi connectivity index (χ1v) is 5.93. The number of furan rings is 1. The van der Waals surface area contributed by atoms with E-state index < -0.39 is 0 Å². The molecule has 102 valence electrons. The lowest BCUT2D eigenvalue weighted by Crippen LogP contribution is -2.42. The lowest BCUT2D eigenvalue weighted by atomic mass is 10.4. The van der Waals surface area contributed by atoms with Gasteiger partial charge in [-0.15, -0.1) is 0 Å². The minimum atomic E-state index is 0.626. The van der Waals surface area contributed by atoms with E-state index in [1.165, 1.54) is 0 Å². The maximum absolute atomic E-state index is 5.51. The molecule has 6 nitrogen and oxygen atoms in total. The fourth-order valence-corrected chi connectivity index (χ4v) is 1.55. The van der Waals surface area contributed by atoms with Crippen LogP contribution in [0.3, 0.4) is 0 Å². The number of aliphatic imine (C=N–C) groups is 1. The summed E-state index contributed by atoms with van der Waals surface area (Å²) >= 11 is 0. The van der Waals surface area contributed by atoms with Gasteiger partial charge in [-0.1, -0.05) is 0 Å². The molecular formula is C12H22N4O2. The van der Waals surface area contributed by atoms with Crippen LogP contribution in [0.4, 0.5) is 0 Å². The van der Waals surface area contributed by atoms with Crippen molar-refractivity contribution in [2.45, 2.75) is 19.9 Å². The van der Waals surface area contributed by atoms with E-state index in [0.717, 1.165) is 17.9 Å². The number of ether oxygens (including phenoxy) is 1. The van der Waals surface area contributed by atoms with Crippen molar-refractivity contribution in [3.63, 3.8) is 0 Å². The van der Waals surface area contributed by atoms with Crippen LogP contribution in [0.5, 0.6) is 0 Å². The summed E-state index contributed by atoms with van der Waals surface area (Å²) in [5, 5.41) is 0. The number of hydrogen-bond donors (Lipinski definition) is 2. The number of hydrogen-bond acceptors (Lipinski definition) is 4. The van der Waals surface area contributed by atoms with Gasteiger partial charge in [0, 0.05) is 27.3 Å². The summed E-state index contributed by atoms with van der Waals surface area (Å²) < 4.78 is 10.5. The van der Waals surface area contributed by atoms with Crippen LogP contribution in [0.25, 0.3) is 0 Å². The Kier molecular flexibility index (Phi) is 6.24. The van der Waals surface area contributed by atoms with Gasteiger partial charge in [0.25, 0.3) is 0 Å². The number of nitrogens with zero attached hydrogens (tertiary/aromatic N) is 2. The molecule has 1 aromatic heterocycles. The number of nitrogens with one attached hydrogen (secondary N) is 1. The zero-order valence-electron chi connectivity index (χ0n) is 11.3. The van der Waals surface area contributed by atoms with E-state index >= 15 is 0 Å². The Labute approximate surface area is 108 Å². The molecule has 0 radical (unpaired) electrons. The number of rotatable bonds is 6. The first-order chi connectivity index (χ1) is 8.67. The molecule has 0 spiro atoms. The molecule has 0 saturated carbocycles. The minimum absolute atomic E-state index is 0.626. The molecule has 1 heterocycles. The second kappa shape index (κ2) is 7.73. The predicted molar refractivity (Wildman–Crippen MR) is 71.0 cm³/mol. The topological polar surface area (TPSA) is 76.0 Å². The molecule has 0 saturated heterocycles. The average molecular weight is 254 g/mol. The van der Waals surface area contributed by atoms with Crippen molar-refractivity contribution in [1.82, 2.24) is 10.3 Å². The van der Waals surface area contributed by atoms with Crippen molar-refractivity contribution in [3.8, 4) is 0 Å². The van der Waals surface area contributed by atoms with Gasteiger partial charge in [-0.05, 0) is 25.5 Å². The monoisotopic (exact) mass is 254 g/mol. The highest BCUT2D eigenvalue weighted by Gasteiger charge is 2.07. The van der Waals surface area contributed by atoms with Crippen molar-refractivity contribution in [2.75, 3.05) is 27.3 Å². The molecule has 0 atom stereocenters. The standard InChI is InChI=1S/C12H22N4O2/c1-10-5-6-11(18-10)9-16(2)12(15-13)14-7-4-8-17-3/h5-6H,4,7-9,13H2,1-3H3,(H,14,15). The lowest BCUT2D eigenvalue weighted by Gasteiger charge is -2.19. The summed E-state index contributed by atoms with van der Waals surface area (Å²) in [7, 11) is 3.59. The summed E-state index contributed by atoms with van der Waals surface area (Å²) in [5.41, 5.74) is 2.60. The Morgan fingerprint density at radius 2 is 2.33 bits per heavy atom. The van der Waals surface area contributed by atoms with Crippen molar-refractivity contribution in [2.24, 2.45) is 10.8 Å². The Morgan fingerprint density at radius 3 is 2.89 bits per heavy atom. The van der Waals surface area contributed by atoms with Gasteiger partial charge in [-0.25, -0.2) is 5.84 Å². The summed E-state index contributed by atoms with van der Waals surface area (Å²) in [6.45, 7) is 3.92. The minimum Gasteiger partial charge on any atom is -0.464 e. The van der Waals surface area contributed by atoms with Crippen molar-refractivity contribution in [3.05, 3.63) is 23.7 Å². The van der Waals surface area contributed by atoms with Gasteiger partial charge < -0.3 is 14.1 Å². The molecular weight excluding hydrogens is 232 g/mol. The van der Waals surface area contributed by atoms with E-state index in [9.17, 15) is 0 Å². The number of guanidine groups is 1. The second-order valence-electron chi connectivity index (χ2n) is 4.06. The smallest absolute Gasteiger partial charge is 0.208 e. The Balaban J connectivity index is 2.48. The van der Waals surface area contributed by atoms with Crippen LogP contribution in [-0.4, -0.2) is 38.2 Å². The Bertz CT molecular complexity index is 376. The van der Waals surface area contributed by atoms with Crippen LogP contribution < -0.4 is 11.3 Å². The first kappa shape index (κ1) is 14.5. The summed E-state index contributed by atoms with van der Waals surface area (Å²) in [6.07, 6.45) is 0.870. The van der Waals surface area contributed by atoms with Gasteiger partial charge in [0.15, 0.2) is 0 Å².